The minimum absolute atomic E-state index is 0.686. The number of rotatable bonds is 2. The summed E-state index contributed by atoms with van der Waals surface area (Å²) in [7, 11) is 4.02. The quantitative estimate of drug-likeness (QED) is 0.655. The zero-order valence-electron chi connectivity index (χ0n) is 10.6. The lowest BCUT2D eigenvalue weighted by atomic mass is 10.3. The molecule has 6 heteroatoms. The van der Waals surface area contributed by atoms with Crippen molar-refractivity contribution in [2.75, 3.05) is 19.0 Å². The van der Waals surface area contributed by atoms with Gasteiger partial charge in [-0.05, 0) is 34.7 Å². The largest absolute Gasteiger partial charge is 0.376 e. The molecule has 3 rings (SSSR count). The van der Waals surface area contributed by atoms with E-state index in [-0.39, 0.29) is 0 Å². The predicted octanol–water partition coefficient (Wildman–Crippen LogP) is 2.46. The predicted molar refractivity (Wildman–Crippen MR) is 83.3 cm³/mol. The normalized spacial score (nSPS) is 10.9. The summed E-state index contributed by atoms with van der Waals surface area (Å²) in [5, 5.41) is 0. The first kappa shape index (κ1) is 12.3. The fourth-order valence-corrected chi connectivity index (χ4v) is 2.76. The van der Waals surface area contributed by atoms with Crippen LogP contribution >= 0.6 is 22.6 Å². The van der Waals surface area contributed by atoms with Crippen molar-refractivity contribution in [1.82, 2.24) is 19.4 Å². The standard InChI is InChI=1S/C13H12IN5/c1-18(2)12-7-16-10(6-9(12)14)11-8-19-5-3-4-15-13(19)17-11/h3-8H,1-2H3. The monoisotopic (exact) mass is 365 g/mol. The third-order valence-electron chi connectivity index (χ3n) is 2.81. The highest BCUT2D eigenvalue weighted by atomic mass is 127. The summed E-state index contributed by atoms with van der Waals surface area (Å²) >= 11 is 2.31. The Morgan fingerprint density at radius 1 is 1.21 bits per heavy atom. The van der Waals surface area contributed by atoms with Crippen LogP contribution in [0.4, 0.5) is 5.69 Å². The molecule has 3 aromatic rings. The van der Waals surface area contributed by atoms with Gasteiger partial charge in [0.1, 0.15) is 5.69 Å². The molecular formula is C13H12IN5. The second-order valence-corrected chi connectivity index (χ2v) is 5.53. The lowest BCUT2D eigenvalue weighted by molar-refractivity contribution is 1.10. The van der Waals surface area contributed by atoms with Crippen LogP contribution in [0.3, 0.4) is 0 Å². The number of nitrogens with zero attached hydrogens (tertiary/aromatic N) is 5. The van der Waals surface area contributed by atoms with Crippen LogP contribution < -0.4 is 4.90 Å². The van der Waals surface area contributed by atoms with Crippen LogP contribution in [0.1, 0.15) is 0 Å². The van der Waals surface area contributed by atoms with Crippen molar-refractivity contribution in [3.05, 3.63) is 40.5 Å². The summed E-state index contributed by atoms with van der Waals surface area (Å²) in [4.78, 5) is 15.2. The molecule has 0 atom stereocenters. The Labute approximate surface area is 124 Å². The van der Waals surface area contributed by atoms with E-state index in [1.807, 2.05) is 54.1 Å². The van der Waals surface area contributed by atoms with E-state index >= 15 is 0 Å². The Kier molecular flexibility index (Phi) is 3.09. The average Bonchev–Trinajstić information content (AvgIpc) is 2.81. The maximum Gasteiger partial charge on any atom is 0.234 e. The number of aromatic nitrogens is 4. The molecule has 0 saturated heterocycles. The zero-order chi connectivity index (χ0) is 13.4. The molecule has 0 bridgehead atoms. The summed E-state index contributed by atoms with van der Waals surface area (Å²) in [6.45, 7) is 0. The molecule has 3 aromatic heterocycles. The van der Waals surface area contributed by atoms with Crippen molar-refractivity contribution in [2.45, 2.75) is 0 Å². The first-order valence-electron chi connectivity index (χ1n) is 5.78. The van der Waals surface area contributed by atoms with E-state index in [0.717, 1.165) is 20.6 Å². The van der Waals surface area contributed by atoms with Crippen molar-refractivity contribution in [2.24, 2.45) is 0 Å². The topological polar surface area (TPSA) is 46.3 Å². The Bertz CT molecular complexity index is 702. The molecule has 0 aliphatic carbocycles. The highest BCUT2D eigenvalue weighted by Gasteiger charge is 2.09. The van der Waals surface area contributed by atoms with Crippen molar-refractivity contribution < 1.29 is 0 Å². The van der Waals surface area contributed by atoms with Crippen LogP contribution in [0.2, 0.25) is 0 Å². The highest BCUT2D eigenvalue weighted by Crippen LogP contribution is 2.24. The van der Waals surface area contributed by atoms with E-state index in [1.165, 1.54) is 0 Å². The van der Waals surface area contributed by atoms with Crippen molar-refractivity contribution in [3.8, 4) is 11.4 Å². The van der Waals surface area contributed by atoms with Gasteiger partial charge in [-0.15, -0.1) is 0 Å². The molecule has 0 radical (unpaired) electrons. The Hall–Kier alpha value is -1.70. The Morgan fingerprint density at radius 2 is 2.05 bits per heavy atom. The smallest absolute Gasteiger partial charge is 0.234 e. The maximum absolute atomic E-state index is 4.48. The number of halogens is 1. The molecule has 96 valence electrons. The van der Waals surface area contributed by atoms with Gasteiger partial charge in [-0.25, -0.2) is 9.97 Å². The molecule has 0 N–H and O–H groups in total. The Balaban J connectivity index is 2.09. The lowest BCUT2D eigenvalue weighted by Crippen LogP contribution is -2.10. The molecule has 0 spiro atoms. The molecule has 0 aromatic carbocycles. The molecule has 0 amide bonds. The average molecular weight is 365 g/mol. The molecule has 0 saturated carbocycles. The number of pyridine rings is 1. The third kappa shape index (κ3) is 2.27. The highest BCUT2D eigenvalue weighted by molar-refractivity contribution is 14.1. The van der Waals surface area contributed by atoms with Gasteiger partial charge in [-0.3, -0.25) is 9.38 Å². The van der Waals surface area contributed by atoms with Crippen LogP contribution in [-0.4, -0.2) is 33.4 Å². The van der Waals surface area contributed by atoms with E-state index in [1.54, 1.807) is 6.20 Å². The number of fused-ring (bicyclic) bond motifs is 1. The van der Waals surface area contributed by atoms with Crippen molar-refractivity contribution >= 4 is 34.1 Å². The third-order valence-corrected chi connectivity index (χ3v) is 3.68. The van der Waals surface area contributed by atoms with E-state index in [2.05, 4.69) is 37.5 Å². The summed E-state index contributed by atoms with van der Waals surface area (Å²) < 4.78 is 3.04. The van der Waals surface area contributed by atoms with Gasteiger partial charge in [-0.1, -0.05) is 0 Å². The van der Waals surface area contributed by atoms with Crippen LogP contribution in [0.25, 0.3) is 17.2 Å². The van der Waals surface area contributed by atoms with Gasteiger partial charge in [0, 0.05) is 36.3 Å². The van der Waals surface area contributed by atoms with E-state index in [4.69, 9.17) is 0 Å². The van der Waals surface area contributed by atoms with Crippen LogP contribution in [0, 0.1) is 3.57 Å². The fraction of sp³-hybridized carbons (Fsp3) is 0.154. The molecule has 0 fully saturated rings. The molecule has 5 nitrogen and oxygen atoms in total. The van der Waals surface area contributed by atoms with Gasteiger partial charge in [0.25, 0.3) is 0 Å². The SMILES string of the molecule is CN(C)c1cnc(-c2cn3cccnc3n2)cc1I. The van der Waals surface area contributed by atoms with Crippen LogP contribution in [0.15, 0.2) is 36.9 Å². The van der Waals surface area contributed by atoms with Crippen molar-refractivity contribution in [3.63, 3.8) is 0 Å². The Morgan fingerprint density at radius 3 is 2.74 bits per heavy atom. The molecule has 0 aliphatic rings. The van der Waals surface area contributed by atoms with Crippen LogP contribution in [-0.2, 0) is 0 Å². The summed E-state index contributed by atoms with van der Waals surface area (Å²) in [5.74, 6) is 0.686. The van der Waals surface area contributed by atoms with E-state index < -0.39 is 0 Å². The van der Waals surface area contributed by atoms with E-state index in [9.17, 15) is 0 Å². The van der Waals surface area contributed by atoms with Gasteiger partial charge in [0.2, 0.25) is 5.78 Å². The molecule has 3 heterocycles. The minimum atomic E-state index is 0.686. The second kappa shape index (κ2) is 4.76. The molecule has 19 heavy (non-hydrogen) atoms. The number of hydrogen-bond donors (Lipinski definition) is 0. The van der Waals surface area contributed by atoms with E-state index in [0.29, 0.717) is 5.78 Å². The van der Waals surface area contributed by atoms with Crippen LogP contribution in [0.5, 0.6) is 0 Å². The van der Waals surface area contributed by atoms with Gasteiger partial charge < -0.3 is 4.90 Å². The minimum Gasteiger partial charge on any atom is -0.376 e. The zero-order valence-corrected chi connectivity index (χ0v) is 12.7. The molecular weight excluding hydrogens is 353 g/mol. The first-order valence-corrected chi connectivity index (χ1v) is 6.86. The van der Waals surface area contributed by atoms with Gasteiger partial charge in [0.05, 0.1) is 17.6 Å². The summed E-state index contributed by atoms with van der Waals surface area (Å²) in [6, 6.07) is 3.92. The summed E-state index contributed by atoms with van der Waals surface area (Å²) in [6.07, 6.45) is 7.47. The van der Waals surface area contributed by atoms with Gasteiger partial charge in [-0.2, -0.15) is 0 Å². The summed E-state index contributed by atoms with van der Waals surface area (Å²) in [5.41, 5.74) is 2.80. The maximum atomic E-state index is 4.48. The number of anilines is 1. The van der Waals surface area contributed by atoms with Crippen molar-refractivity contribution in [1.29, 1.82) is 0 Å². The van der Waals surface area contributed by atoms with Gasteiger partial charge >= 0.3 is 0 Å². The lowest BCUT2D eigenvalue weighted by Gasteiger charge is -2.14. The second-order valence-electron chi connectivity index (χ2n) is 4.37. The fourth-order valence-electron chi connectivity index (χ4n) is 1.85. The van der Waals surface area contributed by atoms with Gasteiger partial charge in [0.15, 0.2) is 0 Å². The number of imidazole rings is 1. The first-order chi connectivity index (χ1) is 9.15. The number of hydrogen-bond acceptors (Lipinski definition) is 4. The molecule has 0 unspecified atom stereocenters. The molecule has 0 aliphatic heterocycles.